The number of fused-ring (bicyclic) bond motifs is 1. The van der Waals surface area contributed by atoms with Crippen molar-refractivity contribution in [2.75, 3.05) is 14.2 Å². The van der Waals surface area contributed by atoms with E-state index in [2.05, 4.69) is 10.3 Å². The Morgan fingerprint density at radius 3 is 2.15 bits per heavy atom. The molecule has 0 heterocycles. The topological polar surface area (TPSA) is 80.2 Å². The Morgan fingerprint density at radius 2 is 1.50 bits per heavy atom. The molecule has 0 saturated heterocycles. The maximum Gasteiger partial charge on any atom is 0.252 e. The number of methoxy groups -OCH3 is 2. The molecule has 4 aromatic rings. The zero-order valence-corrected chi connectivity index (χ0v) is 19.1. The lowest BCUT2D eigenvalue weighted by atomic mass is 9.99. The normalized spacial score (nSPS) is 11.0. The average Bonchev–Trinajstić information content (AvgIpc) is 2.88. The summed E-state index contributed by atoms with van der Waals surface area (Å²) in [7, 11) is 3.25. The van der Waals surface area contributed by atoms with Gasteiger partial charge in [0, 0.05) is 23.9 Å². The molecule has 34 heavy (non-hydrogen) atoms. The monoisotopic (exact) mass is 454 g/mol. The van der Waals surface area contributed by atoms with Crippen molar-refractivity contribution in [3.05, 3.63) is 101 Å². The highest BCUT2D eigenvalue weighted by Gasteiger charge is 2.13. The minimum atomic E-state index is -0.187. The Hall–Kier alpha value is -4.32. The zero-order chi connectivity index (χ0) is 23.9. The summed E-state index contributed by atoms with van der Waals surface area (Å²) in [5.74, 6) is 1.48. The SMILES string of the molecule is COc1ccc(CN=Cc2c(O)ccc3c(C(=O)NCc4ccc(OC)cc4)cccc23)cc1. The minimum Gasteiger partial charge on any atom is -0.507 e. The molecule has 0 spiro atoms. The van der Waals surface area contributed by atoms with E-state index in [1.54, 1.807) is 38.6 Å². The van der Waals surface area contributed by atoms with Crippen molar-refractivity contribution in [1.29, 1.82) is 0 Å². The van der Waals surface area contributed by atoms with Crippen LogP contribution in [0.3, 0.4) is 0 Å². The summed E-state index contributed by atoms with van der Waals surface area (Å²) in [6, 6.07) is 24.0. The van der Waals surface area contributed by atoms with E-state index in [0.29, 0.717) is 24.2 Å². The molecule has 2 N–H and O–H groups in total. The predicted octanol–water partition coefficient (Wildman–Crippen LogP) is 5.11. The number of amides is 1. The van der Waals surface area contributed by atoms with Crippen molar-refractivity contribution in [1.82, 2.24) is 5.32 Å². The third-order valence-electron chi connectivity index (χ3n) is 5.59. The molecule has 4 rings (SSSR count). The first-order valence-electron chi connectivity index (χ1n) is 10.9. The van der Waals surface area contributed by atoms with E-state index in [9.17, 15) is 9.90 Å². The standard InChI is InChI=1S/C28H26N2O4/c1-33-21-10-6-19(7-11-21)16-29-18-26-23-4-3-5-25(24(23)14-15-27(26)31)28(32)30-17-20-8-12-22(34-2)13-9-20/h3-15,18,31H,16-17H2,1-2H3,(H,30,32). The lowest BCUT2D eigenvalue weighted by Gasteiger charge is -2.11. The van der Waals surface area contributed by atoms with Gasteiger partial charge in [-0.15, -0.1) is 0 Å². The van der Waals surface area contributed by atoms with Crippen LogP contribution in [0.4, 0.5) is 0 Å². The highest BCUT2D eigenvalue weighted by atomic mass is 16.5. The molecule has 0 saturated carbocycles. The minimum absolute atomic E-state index is 0.113. The molecule has 6 nitrogen and oxygen atoms in total. The molecule has 4 aromatic carbocycles. The van der Waals surface area contributed by atoms with Crippen molar-refractivity contribution in [3.63, 3.8) is 0 Å². The van der Waals surface area contributed by atoms with E-state index in [-0.39, 0.29) is 11.7 Å². The Bertz CT molecular complexity index is 1310. The van der Waals surface area contributed by atoms with Crippen LogP contribution >= 0.6 is 0 Å². The van der Waals surface area contributed by atoms with E-state index in [1.165, 1.54) is 0 Å². The molecule has 1 amide bonds. The van der Waals surface area contributed by atoms with Gasteiger partial charge < -0.3 is 19.9 Å². The maximum absolute atomic E-state index is 13.0. The summed E-state index contributed by atoms with van der Waals surface area (Å²) in [6.45, 7) is 0.856. The van der Waals surface area contributed by atoms with Crippen LogP contribution in [0, 0.1) is 0 Å². The Morgan fingerprint density at radius 1 is 0.853 bits per heavy atom. The van der Waals surface area contributed by atoms with Crippen molar-refractivity contribution in [2.24, 2.45) is 4.99 Å². The highest BCUT2D eigenvalue weighted by Crippen LogP contribution is 2.28. The van der Waals surface area contributed by atoms with Crippen LogP contribution < -0.4 is 14.8 Å². The summed E-state index contributed by atoms with van der Waals surface area (Å²) in [5, 5.41) is 15.0. The van der Waals surface area contributed by atoms with E-state index in [1.807, 2.05) is 60.7 Å². The summed E-state index contributed by atoms with van der Waals surface area (Å²) >= 11 is 0. The Kier molecular flexibility index (Phi) is 7.08. The number of carbonyl (C=O) groups excluding carboxylic acids is 1. The fourth-order valence-electron chi connectivity index (χ4n) is 3.70. The van der Waals surface area contributed by atoms with Crippen LogP contribution in [-0.4, -0.2) is 31.4 Å². The number of benzene rings is 4. The van der Waals surface area contributed by atoms with Crippen LogP contribution in [0.2, 0.25) is 0 Å². The number of phenolic OH excluding ortho intramolecular Hbond substituents is 1. The molecular weight excluding hydrogens is 428 g/mol. The number of rotatable bonds is 8. The average molecular weight is 455 g/mol. The summed E-state index contributed by atoms with van der Waals surface area (Å²) in [4.78, 5) is 17.5. The predicted molar refractivity (Wildman–Crippen MR) is 134 cm³/mol. The first-order chi connectivity index (χ1) is 16.6. The molecule has 0 aromatic heterocycles. The molecule has 0 atom stereocenters. The summed E-state index contributed by atoms with van der Waals surface area (Å²) in [5.41, 5.74) is 3.11. The van der Waals surface area contributed by atoms with Crippen LogP contribution in [0.5, 0.6) is 17.2 Å². The second-order valence-corrected chi connectivity index (χ2v) is 7.75. The Balaban J connectivity index is 1.53. The molecule has 0 aliphatic heterocycles. The molecule has 0 radical (unpaired) electrons. The number of carbonyl (C=O) groups is 1. The maximum atomic E-state index is 13.0. The van der Waals surface area contributed by atoms with Gasteiger partial charge in [-0.25, -0.2) is 0 Å². The number of hydrogen-bond donors (Lipinski definition) is 2. The van der Waals surface area contributed by atoms with Gasteiger partial charge in [-0.1, -0.05) is 36.4 Å². The van der Waals surface area contributed by atoms with Crippen molar-refractivity contribution in [3.8, 4) is 17.2 Å². The molecular formula is C28H26N2O4. The lowest BCUT2D eigenvalue weighted by Crippen LogP contribution is -2.23. The fraction of sp³-hybridized carbons (Fsp3) is 0.143. The van der Waals surface area contributed by atoms with Gasteiger partial charge in [-0.2, -0.15) is 0 Å². The number of aromatic hydroxyl groups is 1. The highest BCUT2D eigenvalue weighted by molar-refractivity contribution is 6.11. The van der Waals surface area contributed by atoms with E-state index < -0.39 is 0 Å². The number of hydrogen-bond acceptors (Lipinski definition) is 5. The van der Waals surface area contributed by atoms with E-state index >= 15 is 0 Å². The third-order valence-corrected chi connectivity index (χ3v) is 5.59. The molecule has 0 unspecified atom stereocenters. The second-order valence-electron chi connectivity index (χ2n) is 7.75. The van der Waals surface area contributed by atoms with Crippen LogP contribution in [0.1, 0.15) is 27.0 Å². The molecule has 6 heteroatoms. The number of aliphatic imine (C=N–C) groups is 1. The largest absolute Gasteiger partial charge is 0.507 e. The molecule has 0 aliphatic carbocycles. The summed E-state index contributed by atoms with van der Waals surface area (Å²) < 4.78 is 10.4. The van der Waals surface area contributed by atoms with Gasteiger partial charge in [0.15, 0.2) is 0 Å². The quantitative estimate of drug-likeness (QED) is 0.363. The first kappa shape index (κ1) is 22.9. The number of phenols is 1. The number of nitrogens with zero attached hydrogens (tertiary/aromatic N) is 1. The lowest BCUT2D eigenvalue weighted by molar-refractivity contribution is 0.0952. The van der Waals surface area contributed by atoms with Gasteiger partial charge in [0.2, 0.25) is 0 Å². The van der Waals surface area contributed by atoms with E-state index in [0.717, 1.165) is 33.4 Å². The number of ether oxygens (including phenoxy) is 2. The van der Waals surface area contributed by atoms with Gasteiger partial charge in [0.25, 0.3) is 5.91 Å². The van der Waals surface area contributed by atoms with Crippen LogP contribution in [-0.2, 0) is 13.1 Å². The van der Waals surface area contributed by atoms with Crippen molar-refractivity contribution >= 4 is 22.9 Å². The zero-order valence-electron chi connectivity index (χ0n) is 19.1. The second kappa shape index (κ2) is 10.5. The fourth-order valence-corrected chi connectivity index (χ4v) is 3.70. The van der Waals surface area contributed by atoms with E-state index in [4.69, 9.17) is 9.47 Å². The number of nitrogens with one attached hydrogen (secondary N) is 1. The molecule has 0 aliphatic rings. The van der Waals surface area contributed by atoms with Crippen molar-refractivity contribution < 1.29 is 19.4 Å². The first-order valence-corrected chi connectivity index (χ1v) is 10.9. The van der Waals surface area contributed by atoms with Gasteiger partial charge >= 0.3 is 0 Å². The smallest absolute Gasteiger partial charge is 0.252 e. The Labute approximate surface area is 198 Å². The molecule has 0 fully saturated rings. The van der Waals surface area contributed by atoms with Gasteiger partial charge in [0.1, 0.15) is 17.2 Å². The van der Waals surface area contributed by atoms with Crippen molar-refractivity contribution in [2.45, 2.75) is 13.1 Å². The summed E-state index contributed by atoms with van der Waals surface area (Å²) in [6.07, 6.45) is 1.65. The van der Waals surface area contributed by atoms with Crippen LogP contribution in [0.15, 0.2) is 83.9 Å². The molecule has 0 bridgehead atoms. The van der Waals surface area contributed by atoms with Gasteiger partial charge in [-0.3, -0.25) is 9.79 Å². The van der Waals surface area contributed by atoms with Gasteiger partial charge in [0.05, 0.1) is 20.8 Å². The third kappa shape index (κ3) is 5.18. The van der Waals surface area contributed by atoms with Gasteiger partial charge in [-0.05, 0) is 64.4 Å². The van der Waals surface area contributed by atoms with Crippen LogP contribution in [0.25, 0.3) is 10.8 Å². The molecule has 172 valence electrons.